The van der Waals surface area contributed by atoms with Crippen molar-refractivity contribution in [2.24, 2.45) is 0 Å². The zero-order valence-corrected chi connectivity index (χ0v) is 15.4. The van der Waals surface area contributed by atoms with E-state index in [4.69, 9.17) is 0 Å². The summed E-state index contributed by atoms with van der Waals surface area (Å²) in [6.07, 6.45) is 0. The highest BCUT2D eigenvalue weighted by molar-refractivity contribution is 7.89. The van der Waals surface area contributed by atoms with Crippen molar-refractivity contribution in [1.82, 2.24) is 14.9 Å². The molecule has 0 aliphatic heterocycles. The first-order chi connectivity index (χ1) is 11.0. The Bertz CT molecular complexity index is 738. The van der Waals surface area contributed by atoms with Crippen LogP contribution in [0.2, 0.25) is 0 Å². The van der Waals surface area contributed by atoms with Crippen molar-refractivity contribution in [3.63, 3.8) is 0 Å². The van der Waals surface area contributed by atoms with Gasteiger partial charge in [0.2, 0.25) is 10.0 Å². The standard InChI is InChI=1S/C14H19N3O3S3/c1-15-6-7-17(2)14(18)13-12(5-9-22-13)23(19,20)16-10-11-4-3-8-21-11/h3-5,8-9,15-16H,6-7,10H2,1-2H3. The predicted molar refractivity (Wildman–Crippen MR) is 93.6 cm³/mol. The Labute approximate surface area is 144 Å². The normalized spacial score (nSPS) is 11.6. The first-order valence-corrected chi connectivity index (χ1v) is 10.2. The van der Waals surface area contributed by atoms with Crippen molar-refractivity contribution >= 4 is 38.6 Å². The summed E-state index contributed by atoms with van der Waals surface area (Å²) in [6.45, 7) is 1.38. The Morgan fingerprint density at radius 2 is 2.04 bits per heavy atom. The molecule has 0 unspecified atom stereocenters. The summed E-state index contributed by atoms with van der Waals surface area (Å²) in [5.41, 5.74) is 0. The van der Waals surface area contributed by atoms with Crippen LogP contribution < -0.4 is 10.0 Å². The van der Waals surface area contributed by atoms with Gasteiger partial charge in [0.1, 0.15) is 9.77 Å². The first kappa shape index (κ1) is 18.1. The summed E-state index contributed by atoms with van der Waals surface area (Å²) in [5, 5.41) is 6.47. The van der Waals surface area contributed by atoms with Gasteiger partial charge in [0, 0.05) is 31.6 Å². The molecule has 0 saturated carbocycles. The quantitative estimate of drug-likeness (QED) is 0.736. The minimum Gasteiger partial charge on any atom is -0.340 e. The maximum Gasteiger partial charge on any atom is 0.265 e. The zero-order chi connectivity index (χ0) is 16.9. The van der Waals surface area contributed by atoms with Crippen LogP contribution in [0.3, 0.4) is 0 Å². The molecule has 23 heavy (non-hydrogen) atoms. The van der Waals surface area contributed by atoms with Crippen LogP contribution in [0.25, 0.3) is 0 Å². The predicted octanol–water partition coefficient (Wildman–Crippen LogP) is 1.58. The van der Waals surface area contributed by atoms with Crippen molar-refractivity contribution < 1.29 is 13.2 Å². The van der Waals surface area contributed by atoms with Gasteiger partial charge in [-0.05, 0) is 29.9 Å². The minimum atomic E-state index is -3.72. The average Bonchev–Trinajstić information content (AvgIpc) is 3.20. The molecule has 2 heterocycles. The molecular weight excluding hydrogens is 354 g/mol. The monoisotopic (exact) mass is 373 g/mol. The molecule has 0 saturated heterocycles. The molecule has 9 heteroatoms. The lowest BCUT2D eigenvalue weighted by molar-refractivity contribution is 0.0798. The van der Waals surface area contributed by atoms with Crippen LogP contribution in [0, 0.1) is 0 Å². The van der Waals surface area contributed by atoms with Crippen molar-refractivity contribution in [2.45, 2.75) is 11.4 Å². The van der Waals surface area contributed by atoms with E-state index in [2.05, 4.69) is 10.0 Å². The molecule has 0 spiro atoms. The zero-order valence-electron chi connectivity index (χ0n) is 12.9. The molecule has 2 N–H and O–H groups in total. The lowest BCUT2D eigenvalue weighted by Gasteiger charge is -2.17. The largest absolute Gasteiger partial charge is 0.340 e. The highest BCUT2D eigenvalue weighted by Crippen LogP contribution is 2.23. The number of nitrogens with zero attached hydrogens (tertiary/aromatic N) is 1. The molecule has 0 aliphatic carbocycles. The Morgan fingerprint density at radius 1 is 1.26 bits per heavy atom. The van der Waals surface area contributed by atoms with E-state index in [-0.39, 0.29) is 22.2 Å². The van der Waals surface area contributed by atoms with Gasteiger partial charge in [-0.1, -0.05) is 6.07 Å². The number of hydrogen-bond donors (Lipinski definition) is 2. The van der Waals surface area contributed by atoms with Crippen molar-refractivity contribution in [3.8, 4) is 0 Å². The fourth-order valence-corrected chi connectivity index (χ4v) is 5.03. The van der Waals surface area contributed by atoms with E-state index < -0.39 is 10.0 Å². The van der Waals surface area contributed by atoms with Crippen LogP contribution in [-0.2, 0) is 16.6 Å². The smallest absolute Gasteiger partial charge is 0.265 e. The number of carbonyl (C=O) groups is 1. The van der Waals surface area contributed by atoms with Gasteiger partial charge >= 0.3 is 0 Å². The van der Waals surface area contributed by atoms with Crippen LogP contribution in [0.1, 0.15) is 14.5 Å². The molecular formula is C14H19N3O3S3. The first-order valence-electron chi connectivity index (χ1n) is 6.95. The highest BCUT2D eigenvalue weighted by atomic mass is 32.2. The van der Waals surface area contributed by atoms with E-state index in [1.807, 2.05) is 17.5 Å². The van der Waals surface area contributed by atoms with Crippen molar-refractivity contribution in [2.75, 3.05) is 27.2 Å². The topological polar surface area (TPSA) is 78.5 Å². The number of sulfonamides is 1. The van der Waals surface area contributed by atoms with Gasteiger partial charge in [-0.15, -0.1) is 22.7 Å². The second-order valence-corrected chi connectivity index (χ2v) is 8.53. The van der Waals surface area contributed by atoms with Gasteiger partial charge in [0.25, 0.3) is 5.91 Å². The Hall–Kier alpha value is -1.26. The summed E-state index contributed by atoms with van der Waals surface area (Å²) in [5.74, 6) is -0.285. The molecule has 0 aromatic carbocycles. The fourth-order valence-electron chi connectivity index (χ4n) is 1.88. The number of rotatable bonds is 8. The lowest BCUT2D eigenvalue weighted by Crippen LogP contribution is -2.33. The summed E-state index contributed by atoms with van der Waals surface area (Å²) >= 11 is 2.62. The number of amides is 1. The van der Waals surface area contributed by atoms with Crippen LogP contribution in [0.15, 0.2) is 33.9 Å². The van der Waals surface area contributed by atoms with Gasteiger partial charge in [-0.25, -0.2) is 13.1 Å². The molecule has 1 amide bonds. The third-order valence-corrected chi connectivity index (χ3v) is 6.52. The molecule has 0 bridgehead atoms. The van der Waals surface area contributed by atoms with Crippen molar-refractivity contribution in [1.29, 1.82) is 0 Å². The molecule has 0 atom stereocenters. The Balaban J connectivity index is 2.14. The number of hydrogen-bond acceptors (Lipinski definition) is 6. The maximum absolute atomic E-state index is 12.5. The molecule has 6 nitrogen and oxygen atoms in total. The summed E-state index contributed by atoms with van der Waals surface area (Å²) in [6, 6.07) is 5.20. The second-order valence-electron chi connectivity index (χ2n) is 4.85. The van der Waals surface area contributed by atoms with Crippen LogP contribution in [-0.4, -0.2) is 46.4 Å². The summed E-state index contributed by atoms with van der Waals surface area (Å²) < 4.78 is 27.5. The van der Waals surface area contributed by atoms with Gasteiger partial charge < -0.3 is 10.2 Å². The molecule has 0 fully saturated rings. The van der Waals surface area contributed by atoms with E-state index in [1.165, 1.54) is 22.3 Å². The average molecular weight is 374 g/mol. The van der Waals surface area contributed by atoms with Gasteiger partial charge in [0.15, 0.2) is 0 Å². The molecule has 0 aliphatic rings. The molecule has 2 aromatic heterocycles. The molecule has 0 radical (unpaired) electrons. The third kappa shape index (κ3) is 4.61. The number of thiophene rings is 2. The van der Waals surface area contributed by atoms with Gasteiger partial charge in [-0.2, -0.15) is 0 Å². The third-order valence-electron chi connectivity index (χ3n) is 3.17. The van der Waals surface area contributed by atoms with Crippen molar-refractivity contribution in [3.05, 3.63) is 38.7 Å². The second kappa shape index (κ2) is 8.02. The Kier molecular flexibility index (Phi) is 6.31. The minimum absolute atomic E-state index is 0.0420. The molecule has 126 valence electrons. The number of carbonyl (C=O) groups excluding carboxylic acids is 1. The van der Waals surface area contributed by atoms with Crippen LogP contribution in [0.4, 0.5) is 0 Å². The lowest BCUT2D eigenvalue weighted by atomic mass is 10.4. The van der Waals surface area contributed by atoms with E-state index in [0.717, 1.165) is 16.2 Å². The SMILES string of the molecule is CNCCN(C)C(=O)c1sccc1S(=O)(=O)NCc1cccs1. The van der Waals surface area contributed by atoms with E-state index in [9.17, 15) is 13.2 Å². The van der Waals surface area contributed by atoms with E-state index in [0.29, 0.717) is 13.1 Å². The highest BCUT2D eigenvalue weighted by Gasteiger charge is 2.25. The summed E-state index contributed by atoms with van der Waals surface area (Å²) in [7, 11) is -0.258. The van der Waals surface area contributed by atoms with Crippen LogP contribution in [0.5, 0.6) is 0 Å². The number of nitrogens with one attached hydrogen (secondary N) is 2. The van der Waals surface area contributed by atoms with E-state index in [1.54, 1.807) is 19.5 Å². The van der Waals surface area contributed by atoms with Gasteiger partial charge in [0.05, 0.1) is 0 Å². The van der Waals surface area contributed by atoms with Crippen LogP contribution >= 0.6 is 22.7 Å². The summed E-state index contributed by atoms with van der Waals surface area (Å²) in [4.78, 5) is 15.1. The Morgan fingerprint density at radius 3 is 2.70 bits per heavy atom. The molecule has 2 aromatic rings. The van der Waals surface area contributed by atoms with E-state index >= 15 is 0 Å². The number of likely N-dealkylation sites (N-methyl/N-ethyl adjacent to an activating group) is 2. The molecule has 2 rings (SSSR count). The fraction of sp³-hybridized carbons (Fsp3) is 0.357. The maximum atomic E-state index is 12.5. The van der Waals surface area contributed by atoms with Gasteiger partial charge in [-0.3, -0.25) is 4.79 Å².